The average molecular weight is 634 g/mol. The Morgan fingerprint density at radius 3 is 2.39 bits per heavy atom. The fourth-order valence-corrected chi connectivity index (χ4v) is 6.96. The van der Waals surface area contributed by atoms with E-state index in [0.29, 0.717) is 49.8 Å². The van der Waals surface area contributed by atoms with E-state index in [1.165, 1.54) is 29.5 Å². The van der Waals surface area contributed by atoms with Gasteiger partial charge in [-0.3, -0.25) is 9.89 Å². The topological polar surface area (TPSA) is 107 Å². The highest BCUT2D eigenvalue weighted by Gasteiger charge is 2.46. The Hall–Kier alpha value is -5.03. The number of aromatic nitrogens is 4. The first-order valence-corrected chi connectivity index (χ1v) is 16.4. The number of thioether (sulfide) groups is 1. The predicted molar refractivity (Wildman–Crippen MR) is 180 cm³/mol. The van der Waals surface area contributed by atoms with Crippen LogP contribution in [0.3, 0.4) is 0 Å². The van der Waals surface area contributed by atoms with Crippen molar-refractivity contribution in [3.63, 3.8) is 0 Å². The highest BCUT2D eigenvalue weighted by atomic mass is 32.2. The van der Waals surface area contributed by atoms with Gasteiger partial charge in [0, 0.05) is 60.8 Å². The second-order valence-corrected chi connectivity index (χ2v) is 12.7. The number of carbonyl (C=O) groups excluding carboxylic acids is 2. The fourth-order valence-electron chi connectivity index (χ4n) is 6.14. The third-order valence-corrected chi connectivity index (χ3v) is 10.1. The van der Waals surface area contributed by atoms with Crippen molar-refractivity contribution in [2.24, 2.45) is 0 Å². The SMILES string of the molecule is CS[C@@]1(C(=O)Nc2ccc3[nH]nc(-c4ccc(F)cc4)c3c2)CCN(C(=O)N2CC=C(c3ccc(-c4ncccn4)cc3)CC2)C1. The first-order chi connectivity index (χ1) is 22.4. The number of fused-ring (bicyclic) bond motifs is 1. The predicted octanol–water partition coefficient (Wildman–Crippen LogP) is 6.48. The molecule has 0 spiro atoms. The van der Waals surface area contributed by atoms with E-state index in [9.17, 15) is 14.0 Å². The van der Waals surface area contributed by atoms with Gasteiger partial charge in [-0.25, -0.2) is 19.2 Å². The van der Waals surface area contributed by atoms with Gasteiger partial charge in [0.15, 0.2) is 5.82 Å². The first-order valence-electron chi connectivity index (χ1n) is 15.1. The Morgan fingerprint density at radius 1 is 0.935 bits per heavy atom. The number of amides is 3. The lowest BCUT2D eigenvalue weighted by Gasteiger charge is -2.32. The summed E-state index contributed by atoms with van der Waals surface area (Å²) in [5.74, 6) is 0.247. The van der Waals surface area contributed by atoms with Crippen molar-refractivity contribution in [3.8, 4) is 22.6 Å². The number of benzene rings is 3. The van der Waals surface area contributed by atoms with Gasteiger partial charge in [-0.1, -0.05) is 30.3 Å². The molecule has 1 saturated heterocycles. The Balaban J connectivity index is 0.998. The van der Waals surface area contributed by atoms with Gasteiger partial charge >= 0.3 is 6.03 Å². The molecule has 3 amide bonds. The number of nitrogens with zero attached hydrogens (tertiary/aromatic N) is 5. The summed E-state index contributed by atoms with van der Waals surface area (Å²) in [7, 11) is 0. The summed E-state index contributed by atoms with van der Waals surface area (Å²) >= 11 is 1.48. The maximum absolute atomic E-state index is 13.7. The Morgan fingerprint density at radius 2 is 1.67 bits per heavy atom. The Kier molecular flexibility index (Phi) is 8.00. The maximum Gasteiger partial charge on any atom is 0.320 e. The van der Waals surface area contributed by atoms with Crippen LogP contribution in [0.4, 0.5) is 14.9 Å². The molecule has 2 aromatic heterocycles. The largest absolute Gasteiger partial charge is 0.325 e. The van der Waals surface area contributed by atoms with Gasteiger partial charge in [-0.15, -0.1) is 11.8 Å². The third kappa shape index (κ3) is 5.74. The minimum absolute atomic E-state index is 0.0423. The molecular formula is C35H32FN7O2S. The second-order valence-electron chi connectivity index (χ2n) is 11.5. The lowest BCUT2D eigenvalue weighted by molar-refractivity contribution is -0.118. The van der Waals surface area contributed by atoms with Crippen molar-refractivity contribution in [2.45, 2.75) is 17.6 Å². The molecule has 232 valence electrons. The highest BCUT2D eigenvalue weighted by Crippen LogP contribution is 2.37. The van der Waals surface area contributed by atoms with Gasteiger partial charge in [-0.05, 0) is 78.8 Å². The molecule has 2 aliphatic rings. The van der Waals surface area contributed by atoms with Gasteiger partial charge in [0.1, 0.15) is 10.6 Å². The number of H-pyrrole nitrogens is 1. The molecule has 2 aliphatic heterocycles. The monoisotopic (exact) mass is 633 g/mol. The van der Waals surface area contributed by atoms with E-state index < -0.39 is 4.75 Å². The molecule has 1 atom stereocenters. The van der Waals surface area contributed by atoms with Crippen molar-refractivity contribution in [2.75, 3.05) is 37.8 Å². The normalized spacial score (nSPS) is 18.1. The molecule has 46 heavy (non-hydrogen) atoms. The molecule has 0 radical (unpaired) electrons. The number of halogens is 1. The number of hydrogen-bond acceptors (Lipinski definition) is 6. The fraction of sp³-hybridized carbons (Fsp3) is 0.229. The van der Waals surface area contributed by atoms with Crippen molar-refractivity contribution in [1.29, 1.82) is 0 Å². The zero-order chi connectivity index (χ0) is 31.7. The number of nitrogens with one attached hydrogen (secondary N) is 2. The number of likely N-dealkylation sites (tertiary alicyclic amines) is 1. The minimum atomic E-state index is -0.762. The highest BCUT2D eigenvalue weighted by molar-refractivity contribution is 8.00. The zero-order valence-electron chi connectivity index (χ0n) is 25.2. The van der Waals surface area contributed by atoms with Crippen LogP contribution in [0, 0.1) is 5.82 Å². The molecule has 1 fully saturated rings. The number of urea groups is 1. The lowest BCUT2D eigenvalue weighted by Crippen LogP contribution is -2.47. The molecule has 9 nitrogen and oxygen atoms in total. The van der Waals surface area contributed by atoms with Crippen molar-refractivity contribution >= 4 is 45.9 Å². The molecule has 0 aliphatic carbocycles. The summed E-state index contributed by atoms with van der Waals surface area (Å²) in [5, 5.41) is 11.3. The van der Waals surface area contributed by atoms with Gasteiger partial charge in [-0.2, -0.15) is 5.10 Å². The number of carbonyl (C=O) groups is 2. The summed E-state index contributed by atoms with van der Waals surface area (Å²) in [4.78, 5) is 39.6. The molecule has 2 N–H and O–H groups in total. The molecule has 11 heteroatoms. The van der Waals surface area contributed by atoms with Crippen LogP contribution in [-0.4, -0.2) is 79.1 Å². The number of hydrogen-bond donors (Lipinski definition) is 2. The maximum atomic E-state index is 13.7. The van der Waals surface area contributed by atoms with Crippen LogP contribution in [0.15, 0.2) is 91.3 Å². The van der Waals surface area contributed by atoms with Gasteiger partial charge in [0.05, 0.1) is 11.2 Å². The molecule has 4 heterocycles. The second kappa shape index (κ2) is 12.4. The van der Waals surface area contributed by atoms with Crippen LogP contribution in [0.2, 0.25) is 0 Å². The molecule has 7 rings (SSSR count). The average Bonchev–Trinajstić information content (AvgIpc) is 3.75. The minimum Gasteiger partial charge on any atom is -0.325 e. The van der Waals surface area contributed by atoms with E-state index >= 15 is 0 Å². The summed E-state index contributed by atoms with van der Waals surface area (Å²) in [5.41, 5.74) is 6.21. The number of aromatic amines is 1. The lowest BCUT2D eigenvalue weighted by atomic mass is 9.98. The van der Waals surface area contributed by atoms with E-state index in [0.717, 1.165) is 34.0 Å². The van der Waals surface area contributed by atoms with Crippen LogP contribution in [0.1, 0.15) is 18.4 Å². The van der Waals surface area contributed by atoms with E-state index in [2.05, 4.69) is 43.7 Å². The first kappa shape index (κ1) is 29.7. The van der Waals surface area contributed by atoms with Crippen molar-refractivity contribution in [1.82, 2.24) is 30.0 Å². The van der Waals surface area contributed by atoms with Gasteiger partial charge in [0.2, 0.25) is 5.91 Å². The summed E-state index contributed by atoms with van der Waals surface area (Å²) < 4.78 is 12.7. The van der Waals surface area contributed by atoms with Gasteiger partial charge in [0.25, 0.3) is 0 Å². The van der Waals surface area contributed by atoms with Gasteiger partial charge < -0.3 is 15.1 Å². The molecule has 3 aromatic carbocycles. The standard InChI is InChI=1S/C35H32FN7O2S/c1-46-35(33(44)39-28-11-12-30-29(21-28)31(41-40-30)25-7-9-27(36)10-8-25)15-20-43(22-35)34(45)42-18-13-24(14-19-42)23-3-5-26(6-4-23)32-37-16-2-17-38-32/h2-13,16-17,21H,14-15,18-20,22H2,1H3,(H,39,44)(H,40,41)/t35-/m0/s1. The summed E-state index contributed by atoms with van der Waals surface area (Å²) in [6.45, 7) is 1.99. The Bertz CT molecular complexity index is 1930. The Labute approximate surface area is 269 Å². The van der Waals surface area contributed by atoms with Crippen LogP contribution in [-0.2, 0) is 4.79 Å². The molecule has 5 aromatic rings. The molecule has 0 saturated carbocycles. The molecule has 0 bridgehead atoms. The quantitative estimate of drug-likeness (QED) is 0.222. The van der Waals surface area contributed by atoms with Crippen LogP contribution >= 0.6 is 11.8 Å². The van der Waals surface area contributed by atoms with Crippen molar-refractivity contribution in [3.05, 3.63) is 103 Å². The number of anilines is 1. The van der Waals surface area contributed by atoms with E-state index in [1.807, 2.05) is 41.5 Å². The molecule has 0 unspecified atom stereocenters. The summed E-state index contributed by atoms with van der Waals surface area (Å²) in [6.07, 6.45) is 8.82. The number of rotatable bonds is 6. The van der Waals surface area contributed by atoms with Crippen LogP contribution in [0.25, 0.3) is 39.1 Å². The third-order valence-electron chi connectivity index (χ3n) is 8.80. The van der Waals surface area contributed by atoms with Crippen molar-refractivity contribution < 1.29 is 14.0 Å². The van der Waals surface area contributed by atoms with E-state index in [1.54, 1.807) is 35.5 Å². The van der Waals surface area contributed by atoms with E-state index in [-0.39, 0.29) is 17.8 Å². The van der Waals surface area contributed by atoms with Crippen LogP contribution in [0.5, 0.6) is 0 Å². The summed E-state index contributed by atoms with van der Waals surface area (Å²) in [6, 6.07) is 21.7. The van der Waals surface area contributed by atoms with E-state index in [4.69, 9.17) is 0 Å². The molecular weight excluding hydrogens is 601 g/mol. The smallest absolute Gasteiger partial charge is 0.320 e. The zero-order valence-corrected chi connectivity index (χ0v) is 26.1. The van der Waals surface area contributed by atoms with Crippen LogP contribution < -0.4 is 5.32 Å².